The molecule has 0 fully saturated rings. The van der Waals surface area contributed by atoms with Crippen LogP contribution in [0.5, 0.6) is 0 Å². The maximum Gasteiger partial charge on any atom is 0.572 e. The van der Waals surface area contributed by atoms with Crippen LogP contribution in [0.15, 0.2) is 60.5 Å². The van der Waals surface area contributed by atoms with Gasteiger partial charge in [0.2, 0.25) is 5.91 Å². The zero-order valence-corrected chi connectivity index (χ0v) is 16.3. The molecule has 2 N–H and O–H groups in total. The third kappa shape index (κ3) is 16.0. The van der Waals surface area contributed by atoms with Crippen LogP contribution in [0.1, 0.15) is 19.8 Å². The zero-order chi connectivity index (χ0) is 22.4. The van der Waals surface area contributed by atoms with Gasteiger partial charge in [-0.1, -0.05) is 24.8 Å². The fraction of sp³-hybridized carbons (Fsp3) is 0.333. The highest BCUT2D eigenvalue weighted by Gasteiger charge is 2.28. The number of hydrogen-bond acceptors (Lipinski definition) is 4. The molecule has 1 atom stereocenters. The first-order valence-corrected chi connectivity index (χ1v) is 8.46. The Morgan fingerprint density at radius 1 is 1.17 bits per heavy atom. The summed E-state index contributed by atoms with van der Waals surface area (Å²) < 4.78 is 56.4. The van der Waals surface area contributed by atoms with E-state index in [0.29, 0.717) is 11.8 Å². The lowest BCUT2D eigenvalue weighted by Gasteiger charge is -2.16. The second-order valence-electron chi connectivity index (χ2n) is 5.63. The second kappa shape index (κ2) is 13.4. The number of halogens is 5. The van der Waals surface area contributed by atoms with E-state index < -0.39 is 30.0 Å². The lowest BCUT2D eigenvalue weighted by molar-refractivity contribution is -0.298. The SMILES string of the molecule is C=C(/C=C/OC(F)(F)F)CC(=O)NC(=C)CC(C)NC(=O)CO/C=C/C(F)=C/Cl. The molecule has 29 heavy (non-hydrogen) atoms. The second-order valence-corrected chi connectivity index (χ2v) is 5.85. The first-order valence-electron chi connectivity index (χ1n) is 8.02. The van der Waals surface area contributed by atoms with Crippen molar-refractivity contribution in [2.75, 3.05) is 6.61 Å². The van der Waals surface area contributed by atoms with Gasteiger partial charge >= 0.3 is 6.36 Å². The molecular weight excluding hydrogens is 420 g/mol. The van der Waals surface area contributed by atoms with Crippen molar-refractivity contribution in [1.29, 1.82) is 0 Å². The quantitative estimate of drug-likeness (QED) is 0.272. The van der Waals surface area contributed by atoms with E-state index in [1.807, 2.05) is 0 Å². The minimum absolute atomic E-state index is 0.0894. The Kier molecular flexibility index (Phi) is 12.2. The van der Waals surface area contributed by atoms with Gasteiger partial charge in [-0.15, -0.1) is 13.2 Å². The predicted molar refractivity (Wildman–Crippen MR) is 99.7 cm³/mol. The molecule has 6 nitrogen and oxygen atoms in total. The van der Waals surface area contributed by atoms with E-state index >= 15 is 0 Å². The fourth-order valence-electron chi connectivity index (χ4n) is 1.78. The van der Waals surface area contributed by atoms with Gasteiger partial charge in [-0.25, -0.2) is 4.39 Å². The highest BCUT2D eigenvalue weighted by atomic mass is 35.5. The van der Waals surface area contributed by atoms with Crippen LogP contribution >= 0.6 is 11.6 Å². The highest BCUT2D eigenvalue weighted by Crippen LogP contribution is 2.16. The smallest absolute Gasteiger partial charge is 0.491 e. The topological polar surface area (TPSA) is 76.7 Å². The number of alkyl halides is 3. The standard InChI is InChI=1S/C18H21ClF4N2O4/c1-12(4-7-29-18(21,22)23)8-16(26)24-13(2)9-14(3)25-17(27)11-28-6-5-15(20)10-19/h4-7,10,14H,1-2,8-9,11H2,3H3,(H,24,26)(H,25,27)/b6-5+,7-4+,15-10-. The summed E-state index contributed by atoms with van der Waals surface area (Å²) in [7, 11) is 0. The molecule has 1 unspecified atom stereocenters. The average molecular weight is 441 g/mol. The molecule has 2 amide bonds. The molecule has 0 aliphatic rings. The Morgan fingerprint density at radius 2 is 1.83 bits per heavy atom. The van der Waals surface area contributed by atoms with E-state index in [1.165, 1.54) is 0 Å². The summed E-state index contributed by atoms with van der Waals surface area (Å²) in [5, 5.41) is 5.02. The van der Waals surface area contributed by atoms with Crippen molar-refractivity contribution in [3.05, 3.63) is 60.5 Å². The van der Waals surface area contributed by atoms with Gasteiger partial charge < -0.3 is 20.1 Å². The van der Waals surface area contributed by atoms with Crippen molar-refractivity contribution >= 4 is 23.4 Å². The van der Waals surface area contributed by atoms with Crippen molar-refractivity contribution in [1.82, 2.24) is 10.6 Å². The van der Waals surface area contributed by atoms with Gasteiger partial charge in [0.25, 0.3) is 5.91 Å². The summed E-state index contributed by atoms with van der Waals surface area (Å²) in [5.74, 6) is -1.77. The van der Waals surface area contributed by atoms with Crippen LogP contribution in [0.2, 0.25) is 0 Å². The van der Waals surface area contributed by atoms with Gasteiger partial charge in [0.05, 0.1) is 18.9 Å². The number of carbonyl (C=O) groups is 2. The van der Waals surface area contributed by atoms with Crippen molar-refractivity contribution in [2.45, 2.75) is 32.2 Å². The number of carbonyl (C=O) groups excluding carboxylic acids is 2. The molecule has 162 valence electrons. The lowest BCUT2D eigenvalue weighted by Crippen LogP contribution is -2.36. The molecule has 0 aliphatic carbocycles. The Balaban J connectivity index is 4.19. The molecule has 0 spiro atoms. The molecule has 0 aromatic rings. The van der Waals surface area contributed by atoms with E-state index in [-0.39, 0.29) is 30.7 Å². The van der Waals surface area contributed by atoms with Gasteiger partial charge in [-0.3, -0.25) is 9.59 Å². The summed E-state index contributed by atoms with van der Waals surface area (Å²) in [4.78, 5) is 23.4. The van der Waals surface area contributed by atoms with Crippen LogP contribution in [0.4, 0.5) is 17.6 Å². The minimum atomic E-state index is -4.81. The maximum absolute atomic E-state index is 12.7. The monoisotopic (exact) mass is 440 g/mol. The van der Waals surface area contributed by atoms with Crippen LogP contribution in [0, 0.1) is 0 Å². The number of hydrogen-bond donors (Lipinski definition) is 2. The van der Waals surface area contributed by atoms with E-state index in [2.05, 4.69) is 28.5 Å². The van der Waals surface area contributed by atoms with Crippen LogP contribution < -0.4 is 10.6 Å². The first kappa shape index (κ1) is 26.2. The molecule has 0 bridgehead atoms. The van der Waals surface area contributed by atoms with E-state index in [9.17, 15) is 27.2 Å². The van der Waals surface area contributed by atoms with E-state index in [1.54, 1.807) is 6.92 Å². The molecule has 0 aromatic heterocycles. The minimum Gasteiger partial charge on any atom is -0.491 e. The number of ether oxygens (including phenoxy) is 2. The van der Waals surface area contributed by atoms with Gasteiger partial charge in [-0.2, -0.15) is 0 Å². The molecule has 11 heteroatoms. The van der Waals surface area contributed by atoms with Crippen LogP contribution in [-0.4, -0.2) is 30.8 Å². The number of allylic oxidation sites excluding steroid dienone is 3. The summed E-state index contributed by atoms with van der Waals surface area (Å²) in [6.07, 6.45) is -1.69. The summed E-state index contributed by atoms with van der Waals surface area (Å²) in [6.45, 7) is 8.37. The van der Waals surface area contributed by atoms with Crippen molar-refractivity contribution in [3.63, 3.8) is 0 Å². The largest absolute Gasteiger partial charge is 0.572 e. The number of nitrogens with one attached hydrogen (secondary N) is 2. The molecular formula is C18H21ClF4N2O4. The van der Waals surface area contributed by atoms with Crippen molar-refractivity contribution in [2.24, 2.45) is 0 Å². The van der Waals surface area contributed by atoms with Crippen LogP contribution in [0.25, 0.3) is 0 Å². The molecule has 0 aromatic carbocycles. The first-order chi connectivity index (χ1) is 13.4. The van der Waals surface area contributed by atoms with Crippen molar-refractivity contribution in [3.8, 4) is 0 Å². The van der Waals surface area contributed by atoms with Gasteiger partial charge in [-0.05, 0) is 18.6 Å². The number of rotatable bonds is 12. The Bertz CT molecular complexity index is 688. The third-order valence-electron chi connectivity index (χ3n) is 2.81. The van der Waals surface area contributed by atoms with Gasteiger partial charge in [0, 0.05) is 29.8 Å². The molecule has 0 rings (SSSR count). The Morgan fingerprint density at radius 3 is 2.41 bits per heavy atom. The van der Waals surface area contributed by atoms with Gasteiger partial charge in [0.1, 0.15) is 5.83 Å². The fourth-order valence-corrected chi connectivity index (χ4v) is 1.85. The lowest BCUT2D eigenvalue weighted by atomic mass is 10.1. The predicted octanol–water partition coefficient (Wildman–Crippen LogP) is 4.09. The third-order valence-corrected chi connectivity index (χ3v) is 3.02. The van der Waals surface area contributed by atoms with E-state index in [4.69, 9.17) is 16.3 Å². The molecule has 0 radical (unpaired) electrons. The summed E-state index contributed by atoms with van der Waals surface area (Å²) in [6, 6.07) is -0.411. The van der Waals surface area contributed by atoms with Crippen LogP contribution in [0.3, 0.4) is 0 Å². The zero-order valence-electron chi connectivity index (χ0n) is 15.5. The number of amides is 2. The normalized spacial score (nSPS) is 13.2. The van der Waals surface area contributed by atoms with Crippen LogP contribution in [-0.2, 0) is 19.1 Å². The Labute approximate surface area is 170 Å². The van der Waals surface area contributed by atoms with E-state index in [0.717, 1.165) is 18.4 Å². The summed E-state index contributed by atoms with van der Waals surface area (Å²) >= 11 is 5.10. The molecule has 0 heterocycles. The molecule has 0 saturated carbocycles. The molecule has 0 aliphatic heterocycles. The average Bonchev–Trinajstić information content (AvgIpc) is 2.56. The molecule has 0 saturated heterocycles. The van der Waals surface area contributed by atoms with Crippen molar-refractivity contribution < 1.29 is 36.6 Å². The summed E-state index contributed by atoms with van der Waals surface area (Å²) in [5.41, 5.74) is 1.07. The van der Waals surface area contributed by atoms with Gasteiger partial charge in [0.15, 0.2) is 6.61 Å². The maximum atomic E-state index is 12.7. The Hall–Kier alpha value is -2.75. The highest BCUT2D eigenvalue weighted by molar-refractivity contribution is 6.25.